The fourth-order valence-corrected chi connectivity index (χ4v) is 15.8. The van der Waals surface area contributed by atoms with E-state index in [4.69, 9.17) is 34.9 Å². The van der Waals surface area contributed by atoms with Crippen LogP contribution in [0.25, 0.3) is 44.1 Å². The Kier molecular flexibility index (Phi) is 17.2. The number of pyridine rings is 2. The second kappa shape index (κ2) is 24.7. The van der Waals surface area contributed by atoms with Gasteiger partial charge in [-0.2, -0.15) is 0 Å². The third kappa shape index (κ3) is 14.0. The Morgan fingerprint density at radius 1 is 0.552 bits per heavy atom. The van der Waals surface area contributed by atoms with E-state index in [1.165, 1.54) is 42.6 Å². The fraction of sp³-hybridized carbons (Fsp3) is 0.419. The zero-order valence-electron chi connectivity index (χ0n) is 46.6. The third-order valence-electron chi connectivity index (χ3n) is 17.5. The number of para-hydroxylation sites is 2. The molecule has 0 amide bonds. The molecule has 0 radical (unpaired) electrons. The maximum absolute atomic E-state index is 13.5. The molecule has 16 nitrogen and oxygen atoms in total. The van der Waals surface area contributed by atoms with Crippen LogP contribution >= 0.6 is 10.7 Å². The van der Waals surface area contributed by atoms with E-state index >= 15 is 0 Å². The van der Waals surface area contributed by atoms with Crippen LogP contribution in [0.4, 0.5) is 26.3 Å². The number of nitrogens with one attached hydrogen (secondary N) is 1. The Morgan fingerprint density at radius 3 is 1.43 bits per heavy atom. The lowest BCUT2D eigenvalue weighted by atomic mass is 9.83. The molecule has 6 aliphatic carbocycles. The van der Waals surface area contributed by atoms with E-state index in [1.807, 2.05) is 12.1 Å². The molecule has 6 aliphatic rings. The molecule has 4 atom stereocenters. The van der Waals surface area contributed by atoms with Gasteiger partial charge >= 0.3 is 12.7 Å². The summed E-state index contributed by atoms with van der Waals surface area (Å²) in [7, 11) is -2.20. The van der Waals surface area contributed by atoms with Gasteiger partial charge in [-0.15, -0.1) is 26.3 Å². The molecule has 0 aliphatic heterocycles. The first-order valence-electron chi connectivity index (χ1n) is 28.9. The molecule has 14 rings (SSSR count). The Labute approximate surface area is 501 Å². The summed E-state index contributed by atoms with van der Waals surface area (Å²) in [5, 5.41) is 11.0. The standard InChI is InChI=1S/C31H30F3N3O5S.C22H25F3N2O3.C9H6ClNO2S/c32-31(33,34)41-26-6-2-1-5-23(26)29-25(30(42-36-29)19-8-9-19)17-40-22-14-20-10-11-21(15-22)28(20)37-43(38,39)27-7-3-4-18-12-13-35-16-24(18)27;23-22(24,25)29-18-4-2-1-3-16(18)20-17(21(30-27-20)12-5-6-12)11-28-15-9-13-7-8-14(10-15)19(13)26;10-14(12,13)9-3-1-2-7-4-5-11-6-8(7)9/h1-7,12-13,16,19-22,28,37H,8-11,14-15,17H2;1-4,12-15,19H,5-11,26H2;1-6H. The number of sulfonamides is 1. The molecule has 6 saturated carbocycles. The Balaban J connectivity index is 0.000000144. The predicted octanol–water partition coefficient (Wildman–Crippen LogP) is 14.0. The maximum atomic E-state index is 13.5. The third-order valence-corrected chi connectivity index (χ3v) is 20.4. The van der Waals surface area contributed by atoms with Crippen molar-refractivity contribution in [1.82, 2.24) is 25.0 Å². The van der Waals surface area contributed by atoms with Gasteiger partial charge in [-0.25, -0.2) is 21.6 Å². The highest BCUT2D eigenvalue weighted by Crippen LogP contribution is 2.50. The maximum Gasteiger partial charge on any atom is 0.573 e. The van der Waals surface area contributed by atoms with Crippen LogP contribution in [0.15, 0.2) is 141 Å². The van der Waals surface area contributed by atoms with E-state index in [0.717, 1.165) is 86.3 Å². The summed E-state index contributed by atoms with van der Waals surface area (Å²) in [6.07, 6.45) is 7.79. The van der Waals surface area contributed by atoms with Crippen molar-refractivity contribution in [3.8, 4) is 34.0 Å². The molecule has 8 aromatic rings. The summed E-state index contributed by atoms with van der Waals surface area (Å²) in [4.78, 5) is 8.30. The van der Waals surface area contributed by atoms with Gasteiger partial charge in [-0.05, 0) is 160 Å². The highest BCUT2D eigenvalue weighted by Gasteiger charge is 2.46. The van der Waals surface area contributed by atoms with E-state index in [2.05, 4.69) is 34.5 Å². The largest absolute Gasteiger partial charge is 0.573 e. The van der Waals surface area contributed by atoms with Gasteiger partial charge < -0.3 is 33.7 Å². The molecular formula is C62H61ClF6N6O10S2. The molecule has 460 valence electrons. The fourth-order valence-electron chi connectivity index (χ4n) is 13.2. The summed E-state index contributed by atoms with van der Waals surface area (Å²) in [6.45, 7) is 0.402. The highest BCUT2D eigenvalue weighted by molar-refractivity contribution is 8.14. The second-order valence-corrected chi connectivity index (χ2v) is 27.5. The van der Waals surface area contributed by atoms with Crippen molar-refractivity contribution in [1.29, 1.82) is 0 Å². The first kappa shape index (κ1) is 60.6. The van der Waals surface area contributed by atoms with Crippen molar-refractivity contribution < 1.29 is 71.2 Å². The number of benzene rings is 4. The Bertz CT molecular complexity index is 3970. The molecule has 25 heteroatoms. The quantitative estimate of drug-likeness (QED) is 0.0678. The molecule has 3 N–H and O–H groups in total. The number of halogens is 7. The number of nitrogens with two attached hydrogens (primary N) is 1. The van der Waals surface area contributed by atoms with Gasteiger partial charge in [0, 0.05) is 92.4 Å². The number of hydrogen-bond donors (Lipinski definition) is 2. The first-order valence-corrected chi connectivity index (χ1v) is 32.7. The molecule has 87 heavy (non-hydrogen) atoms. The number of fused-ring (bicyclic) bond motifs is 6. The van der Waals surface area contributed by atoms with Crippen molar-refractivity contribution in [2.24, 2.45) is 29.4 Å². The summed E-state index contributed by atoms with van der Waals surface area (Å²) in [5.74, 6) is 2.38. The van der Waals surface area contributed by atoms with Gasteiger partial charge in [-0.3, -0.25) is 9.97 Å². The molecular weight excluding hydrogens is 1200 g/mol. The predicted molar refractivity (Wildman–Crippen MR) is 308 cm³/mol. The average Bonchev–Trinajstić information content (AvgIpc) is 2.53. The van der Waals surface area contributed by atoms with Gasteiger partial charge in [0.05, 0.1) is 35.2 Å². The molecule has 0 saturated heterocycles. The zero-order valence-corrected chi connectivity index (χ0v) is 49.0. The van der Waals surface area contributed by atoms with Crippen LogP contribution in [-0.2, 0) is 41.8 Å². The second-order valence-electron chi connectivity index (χ2n) is 23.3. The van der Waals surface area contributed by atoms with Crippen LogP contribution in [0.3, 0.4) is 0 Å². The van der Waals surface area contributed by atoms with Crippen molar-refractivity contribution in [3.63, 3.8) is 0 Å². The molecule has 4 bridgehead atoms. The number of nitrogens with zero attached hydrogens (tertiary/aromatic N) is 4. The highest BCUT2D eigenvalue weighted by atomic mass is 35.7. The lowest BCUT2D eigenvalue weighted by molar-refractivity contribution is -0.275. The lowest BCUT2D eigenvalue weighted by Crippen LogP contribution is -2.46. The van der Waals surface area contributed by atoms with E-state index in [0.29, 0.717) is 52.5 Å². The minimum absolute atomic E-state index is 0.102. The van der Waals surface area contributed by atoms with Crippen molar-refractivity contribution in [2.45, 2.75) is 149 Å². The molecule has 4 aromatic carbocycles. The normalized spacial score (nSPS) is 23.6. The van der Waals surface area contributed by atoms with Gasteiger partial charge in [0.1, 0.15) is 34.4 Å². The number of rotatable bonds is 16. The van der Waals surface area contributed by atoms with Crippen LogP contribution in [-0.4, -0.2) is 74.1 Å². The van der Waals surface area contributed by atoms with Crippen molar-refractivity contribution in [3.05, 3.63) is 144 Å². The molecule has 0 spiro atoms. The smallest absolute Gasteiger partial charge is 0.405 e. The van der Waals surface area contributed by atoms with Crippen LogP contribution in [0, 0.1) is 23.7 Å². The van der Waals surface area contributed by atoms with Crippen LogP contribution in [0.2, 0.25) is 0 Å². The van der Waals surface area contributed by atoms with Gasteiger partial charge in [0.15, 0.2) is 0 Å². The summed E-state index contributed by atoms with van der Waals surface area (Å²) in [5.41, 5.74) is 8.77. The summed E-state index contributed by atoms with van der Waals surface area (Å²) in [6, 6.07) is 25.6. The number of hydrogen-bond acceptors (Lipinski definition) is 15. The Hall–Kier alpha value is -6.67. The molecule has 4 heterocycles. The van der Waals surface area contributed by atoms with Crippen LogP contribution in [0.5, 0.6) is 11.5 Å². The van der Waals surface area contributed by atoms with Crippen LogP contribution < -0.4 is 19.9 Å². The van der Waals surface area contributed by atoms with E-state index in [-0.39, 0.29) is 99.3 Å². The van der Waals surface area contributed by atoms with E-state index in [1.54, 1.807) is 67.1 Å². The average molecular weight is 1260 g/mol. The SMILES string of the molecule is NC1C2CCC1CC(OCc1c(-c3ccccc3OC(F)(F)F)noc1C1CC1)C2.O=S(=O)(Cl)c1cccc2ccncc12.O=S(=O)(NC1C2CCC1CC(OCc1c(-c3ccccc3OC(F)(F)F)noc1C1CC1)C2)c1cccc2ccncc12. The lowest BCUT2D eigenvalue weighted by Gasteiger charge is -2.35. The number of aromatic nitrogens is 4. The van der Waals surface area contributed by atoms with Gasteiger partial charge in [0.2, 0.25) is 10.0 Å². The Morgan fingerprint density at radius 2 is 0.977 bits per heavy atom. The molecule has 4 aromatic heterocycles. The van der Waals surface area contributed by atoms with Gasteiger partial charge in [-0.1, -0.05) is 58.8 Å². The number of alkyl halides is 6. The summed E-state index contributed by atoms with van der Waals surface area (Å²) < 4.78 is 163. The first-order chi connectivity index (χ1) is 41.6. The van der Waals surface area contributed by atoms with Crippen molar-refractivity contribution >= 4 is 51.3 Å². The van der Waals surface area contributed by atoms with E-state index < -0.39 is 31.8 Å². The monoisotopic (exact) mass is 1260 g/mol. The zero-order chi connectivity index (χ0) is 60.8. The molecule has 4 unspecified atom stereocenters. The van der Waals surface area contributed by atoms with Crippen molar-refractivity contribution in [2.75, 3.05) is 0 Å². The minimum Gasteiger partial charge on any atom is -0.405 e. The number of ether oxygens (including phenoxy) is 4. The minimum atomic E-state index is -4.85. The summed E-state index contributed by atoms with van der Waals surface area (Å²) >= 11 is 0. The van der Waals surface area contributed by atoms with E-state index in [9.17, 15) is 43.2 Å². The topological polar surface area (TPSA) is 221 Å². The molecule has 6 fully saturated rings. The van der Waals surface area contributed by atoms with Crippen LogP contribution in [0.1, 0.15) is 112 Å². The van der Waals surface area contributed by atoms with Gasteiger partial charge in [0.25, 0.3) is 9.05 Å².